The first-order chi connectivity index (χ1) is 8.66. The zero-order valence-corrected chi connectivity index (χ0v) is 9.99. The summed E-state index contributed by atoms with van der Waals surface area (Å²) in [7, 11) is 0. The number of hydrogen-bond donors (Lipinski definition) is 1. The van der Waals surface area contributed by atoms with Crippen LogP contribution in [0, 0.1) is 11.7 Å². The largest absolute Gasteiger partial charge is 0.493 e. The molecule has 0 radical (unpaired) electrons. The van der Waals surface area contributed by atoms with Gasteiger partial charge in [-0.05, 0) is 36.5 Å². The van der Waals surface area contributed by atoms with E-state index in [2.05, 4.69) is 0 Å². The van der Waals surface area contributed by atoms with Crippen LogP contribution in [0.5, 0.6) is 5.75 Å². The Bertz CT molecular complexity index is 494. The van der Waals surface area contributed by atoms with Crippen LogP contribution >= 0.6 is 0 Å². The smallest absolute Gasteiger partial charge is 0.303 e. The van der Waals surface area contributed by atoms with Crippen molar-refractivity contribution in [3.8, 4) is 5.75 Å². The summed E-state index contributed by atoms with van der Waals surface area (Å²) in [6.45, 7) is 0.566. The molecule has 0 saturated heterocycles. The Balaban J connectivity index is 2.03. The van der Waals surface area contributed by atoms with E-state index in [9.17, 15) is 9.18 Å². The maximum absolute atomic E-state index is 14.1. The average Bonchev–Trinajstić information content (AvgIpc) is 3.05. The molecule has 3 rings (SSSR count). The fourth-order valence-corrected chi connectivity index (χ4v) is 2.86. The van der Waals surface area contributed by atoms with Gasteiger partial charge in [0.15, 0.2) is 0 Å². The maximum atomic E-state index is 14.1. The molecule has 4 heteroatoms. The van der Waals surface area contributed by atoms with Crippen molar-refractivity contribution in [2.75, 3.05) is 6.61 Å². The molecule has 1 N–H and O–H groups in total. The monoisotopic (exact) mass is 250 g/mol. The van der Waals surface area contributed by atoms with Crippen molar-refractivity contribution >= 4 is 5.97 Å². The fraction of sp³-hybridized carbons (Fsp3) is 0.500. The zero-order chi connectivity index (χ0) is 12.7. The Morgan fingerprint density at radius 3 is 2.94 bits per heavy atom. The van der Waals surface area contributed by atoms with Crippen molar-refractivity contribution in [1.29, 1.82) is 0 Å². The molecule has 0 bridgehead atoms. The number of ether oxygens (including phenoxy) is 1. The number of rotatable bonds is 4. The van der Waals surface area contributed by atoms with Gasteiger partial charge in [0, 0.05) is 17.9 Å². The second-order valence-electron chi connectivity index (χ2n) is 5.08. The van der Waals surface area contributed by atoms with E-state index in [0.29, 0.717) is 24.5 Å². The first kappa shape index (κ1) is 11.5. The lowest BCUT2D eigenvalue weighted by atomic mass is 9.86. The molecule has 1 atom stereocenters. The lowest BCUT2D eigenvalue weighted by Gasteiger charge is -2.18. The molecule has 96 valence electrons. The van der Waals surface area contributed by atoms with Crippen LogP contribution in [0.4, 0.5) is 4.39 Å². The van der Waals surface area contributed by atoms with E-state index in [1.807, 2.05) is 0 Å². The lowest BCUT2D eigenvalue weighted by Crippen LogP contribution is -2.12. The van der Waals surface area contributed by atoms with E-state index >= 15 is 0 Å². The summed E-state index contributed by atoms with van der Waals surface area (Å²) >= 11 is 0. The Morgan fingerprint density at radius 1 is 1.50 bits per heavy atom. The number of halogens is 1. The molecule has 1 aliphatic heterocycles. The minimum absolute atomic E-state index is 0.0119. The molecule has 1 unspecified atom stereocenters. The summed E-state index contributed by atoms with van der Waals surface area (Å²) in [5, 5.41) is 9.01. The topological polar surface area (TPSA) is 46.5 Å². The quantitative estimate of drug-likeness (QED) is 0.893. The van der Waals surface area contributed by atoms with E-state index < -0.39 is 5.97 Å². The normalized spacial score (nSPS) is 19.2. The van der Waals surface area contributed by atoms with Gasteiger partial charge in [0.1, 0.15) is 11.6 Å². The van der Waals surface area contributed by atoms with Crippen LogP contribution in [0.25, 0.3) is 0 Å². The van der Waals surface area contributed by atoms with Crippen LogP contribution in [-0.4, -0.2) is 17.7 Å². The summed E-state index contributed by atoms with van der Waals surface area (Å²) in [6, 6.07) is 3.04. The number of benzene rings is 1. The Morgan fingerprint density at radius 2 is 2.28 bits per heavy atom. The minimum atomic E-state index is -0.859. The Kier molecular flexibility index (Phi) is 2.73. The van der Waals surface area contributed by atoms with Crippen molar-refractivity contribution in [1.82, 2.24) is 0 Å². The summed E-state index contributed by atoms with van der Waals surface area (Å²) < 4.78 is 19.5. The van der Waals surface area contributed by atoms with Crippen LogP contribution in [0.3, 0.4) is 0 Å². The third kappa shape index (κ3) is 1.96. The molecule has 2 aliphatic rings. The molecular formula is C14H15FO3. The van der Waals surface area contributed by atoms with E-state index in [1.54, 1.807) is 6.07 Å². The third-order valence-corrected chi connectivity index (χ3v) is 3.83. The van der Waals surface area contributed by atoms with Crippen molar-refractivity contribution in [3.05, 3.63) is 29.1 Å². The van der Waals surface area contributed by atoms with Gasteiger partial charge in [0.25, 0.3) is 0 Å². The van der Waals surface area contributed by atoms with Gasteiger partial charge < -0.3 is 9.84 Å². The Labute approximate surface area is 105 Å². The average molecular weight is 250 g/mol. The molecule has 1 fully saturated rings. The maximum Gasteiger partial charge on any atom is 0.303 e. The van der Waals surface area contributed by atoms with E-state index in [4.69, 9.17) is 9.84 Å². The van der Waals surface area contributed by atoms with Gasteiger partial charge in [0.05, 0.1) is 13.0 Å². The van der Waals surface area contributed by atoms with Crippen molar-refractivity contribution in [2.45, 2.75) is 31.6 Å². The van der Waals surface area contributed by atoms with Gasteiger partial charge in [0.2, 0.25) is 0 Å². The van der Waals surface area contributed by atoms with Crippen LogP contribution in [0.2, 0.25) is 0 Å². The summed E-state index contributed by atoms with van der Waals surface area (Å²) in [4.78, 5) is 11.0. The van der Waals surface area contributed by atoms with Gasteiger partial charge in [-0.1, -0.05) is 0 Å². The second-order valence-corrected chi connectivity index (χ2v) is 5.08. The highest BCUT2D eigenvalue weighted by Crippen LogP contribution is 2.48. The fourth-order valence-electron chi connectivity index (χ4n) is 2.86. The second kappa shape index (κ2) is 4.26. The van der Waals surface area contributed by atoms with Gasteiger partial charge in [-0.25, -0.2) is 4.39 Å². The highest BCUT2D eigenvalue weighted by molar-refractivity contribution is 5.68. The number of aliphatic carboxylic acids is 1. The first-order valence-corrected chi connectivity index (χ1v) is 6.32. The molecule has 0 spiro atoms. The molecule has 3 nitrogen and oxygen atoms in total. The molecule has 0 amide bonds. The van der Waals surface area contributed by atoms with Crippen molar-refractivity contribution < 1.29 is 19.0 Å². The van der Waals surface area contributed by atoms with Crippen molar-refractivity contribution in [2.24, 2.45) is 5.92 Å². The van der Waals surface area contributed by atoms with Crippen LogP contribution in [0.1, 0.15) is 36.3 Å². The van der Waals surface area contributed by atoms with Crippen molar-refractivity contribution in [3.63, 3.8) is 0 Å². The predicted octanol–water partition coefficient (Wildman–Crippen LogP) is 2.73. The number of fused-ring (bicyclic) bond motifs is 1. The van der Waals surface area contributed by atoms with E-state index in [0.717, 1.165) is 24.2 Å². The molecule has 1 heterocycles. The van der Waals surface area contributed by atoms with Crippen LogP contribution in [0.15, 0.2) is 12.1 Å². The first-order valence-electron chi connectivity index (χ1n) is 6.32. The van der Waals surface area contributed by atoms with Gasteiger partial charge in [-0.2, -0.15) is 0 Å². The summed E-state index contributed by atoms with van der Waals surface area (Å²) in [5.41, 5.74) is 1.48. The van der Waals surface area contributed by atoms with Crippen LogP contribution < -0.4 is 4.74 Å². The highest BCUT2D eigenvalue weighted by atomic mass is 19.1. The van der Waals surface area contributed by atoms with Crippen LogP contribution in [-0.2, 0) is 11.2 Å². The van der Waals surface area contributed by atoms with Gasteiger partial charge >= 0.3 is 5.97 Å². The summed E-state index contributed by atoms with van der Waals surface area (Å²) in [6.07, 6.45) is 2.70. The number of carboxylic acids is 1. The molecule has 18 heavy (non-hydrogen) atoms. The summed E-state index contributed by atoms with van der Waals surface area (Å²) in [5.74, 6) is -0.287. The zero-order valence-electron chi connectivity index (χ0n) is 9.99. The van der Waals surface area contributed by atoms with E-state index in [1.165, 1.54) is 6.07 Å². The minimum Gasteiger partial charge on any atom is -0.493 e. The predicted molar refractivity (Wildman–Crippen MR) is 63.3 cm³/mol. The van der Waals surface area contributed by atoms with Gasteiger partial charge in [-0.15, -0.1) is 0 Å². The van der Waals surface area contributed by atoms with E-state index in [-0.39, 0.29) is 18.2 Å². The highest BCUT2D eigenvalue weighted by Gasteiger charge is 2.37. The lowest BCUT2D eigenvalue weighted by molar-refractivity contribution is -0.137. The molecule has 0 aromatic heterocycles. The Hall–Kier alpha value is -1.58. The molecule has 1 aromatic carbocycles. The standard InChI is InChI=1S/C14H15FO3/c15-11-3-4-12-9(5-6-18-12)14(11)10(7-13(16)17)8-1-2-8/h3-4,8,10H,1-2,5-7H2,(H,16,17). The molecule has 1 aromatic rings. The molecule has 1 saturated carbocycles. The number of carboxylic acid groups (broad SMARTS) is 1. The van der Waals surface area contributed by atoms with Gasteiger partial charge in [-0.3, -0.25) is 4.79 Å². The third-order valence-electron chi connectivity index (χ3n) is 3.83. The SMILES string of the molecule is O=C(O)CC(c1c(F)ccc2c1CCO2)C1CC1. The molecular weight excluding hydrogens is 235 g/mol. The molecule has 1 aliphatic carbocycles. The number of carbonyl (C=O) groups is 1. The number of hydrogen-bond acceptors (Lipinski definition) is 2.